The third-order valence-corrected chi connectivity index (χ3v) is 6.57. The van der Waals surface area contributed by atoms with Gasteiger partial charge in [-0.05, 0) is 43.1 Å². The van der Waals surface area contributed by atoms with Gasteiger partial charge < -0.3 is 4.90 Å². The van der Waals surface area contributed by atoms with Crippen molar-refractivity contribution in [2.24, 2.45) is 11.8 Å². The Bertz CT molecular complexity index is 1040. The predicted octanol–water partition coefficient (Wildman–Crippen LogP) is 3.92. The number of carbonyl (C=O) groups excluding carboxylic acids is 1. The van der Waals surface area contributed by atoms with Crippen molar-refractivity contribution in [3.8, 4) is 0 Å². The van der Waals surface area contributed by atoms with Gasteiger partial charge in [-0.2, -0.15) is 0 Å². The molecular weight excluding hydrogens is 346 g/mol. The Morgan fingerprint density at radius 1 is 1.00 bits per heavy atom. The molecule has 5 rings (SSSR count). The number of carbonyl (C=O) groups is 1. The van der Waals surface area contributed by atoms with Gasteiger partial charge in [0.05, 0.1) is 11.1 Å². The molecule has 2 aliphatic heterocycles. The second-order valence-electron chi connectivity index (χ2n) is 8.25. The summed E-state index contributed by atoms with van der Waals surface area (Å²) in [6, 6.07) is 18.8. The van der Waals surface area contributed by atoms with Crippen molar-refractivity contribution in [3.05, 3.63) is 77.5 Å². The Morgan fingerprint density at radius 2 is 1.79 bits per heavy atom. The molecule has 0 N–H and O–H groups in total. The molecule has 4 nitrogen and oxygen atoms in total. The summed E-state index contributed by atoms with van der Waals surface area (Å²) < 4.78 is 0. The molecule has 2 aromatic carbocycles. The molecule has 1 aromatic heterocycles. The van der Waals surface area contributed by atoms with Crippen molar-refractivity contribution in [2.75, 3.05) is 26.7 Å². The van der Waals surface area contributed by atoms with E-state index in [1.807, 2.05) is 30.3 Å². The summed E-state index contributed by atoms with van der Waals surface area (Å²) in [5.74, 6) is 1.16. The highest BCUT2D eigenvalue weighted by Gasteiger charge is 2.47. The van der Waals surface area contributed by atoms with Crippen LogP contribution in [0.5, 0.6) is 0 Å². The number of likely N-dealkylation sites (tertiary alicyclic amines) is 2. The van der Waals surface area contributed by atoms with Gasteiger partial charge in [0, 0.05) is 43.2 Å². The lowest BCUT2D eigenvalue weighted by atomic mass is 9.88. The van der Waals surface area contributed by atoms with E-state index >= 15 is 0 Å². The predicted molar refractivity (Wildman–Crippen MR) is 111 cm³/mol. The molecule has 0 spiro atoms. The number of nitrogens with zero attached hydrogens (tertiary/aromatic N) is 3. The van der Waals surface area contributed by atoms with Gasteiger partial charge in [-0.3, -0.25) is 14.7 Å². The summed E-state index contributed by atoms with van der Waals surface area (Å²) >= 11 is 0. The van der Waals surface area contributed by atoms with E-state index < -0.39 is 0 Å². The van der Waals surface area contributed by atoms with Gasteiger partial charge in [-0.1, -0.05) is 42.5 Å². The van der Waals surface area contributed by atoms with Gasteiger partial charge in [-0.25, -0.2) is 0 Å². The van der Waals surface area contributed by atoms with E-state index in [9.17, 15) is 4.79 Å². The van der Waals surface area contributed by atoms with Crippen LogP contribution in [0, 0.1) is 18.8 Å². The molecule has 2 fully saturated rings. The third-order valence-electron chi connectivity index (χ3n) is 6.57. The van der Waals surface area contributed by atoms with Crippen molar-refractivity contribution in [2.45, 2.75) is 13.0 Å². The lowest BCUT2D eigenvalue weighted by molar-refractivity contribution is 0.0769. The summed E-state index contributed by atoms with van der Waals surface area (Å²) in [6.45, 7) is 4.90. The maximum absolute atomic E-state index is 13.4. The van der Waals surface area contributed by atoms with Gasteiger partial charge in [0.25, 0.3) is 5.91 Å². The van der Waals surface area contributed by atoms with Crippen molar-refractivity contribution in [3.63, 3.8) is 0 Å². The topological polar surface area (TPSA) is 36.4 Å². The van der Waals surface area contributed by atoms with Crippen LogP contribution in [0.2, 0.25) is 0 Å². The average Bonchev–Trinajstić information content (AvgIpc) is 3.24. The zero-order valence-electron chi connectivity index (χ0n) is 16.4. The summed E-state index contributed by atoms with van der Waals surface area (Å²) in [7, 11) is 2.22. The van der Waals surface area contributed by atoms with E-state index in [1.54, 1.807) is 6.20 Å². The second kappa shape index (κ2) is 6.71. The van der Waals surface area contributed by atoms with E-state index in [-0.39, 0.29) is 5.91 Å². The van der Waals surface area contributed by atoms with Crippen LogP contribution in [0.3, 0.4) is 0 Å². The number of hydrogen-bond donors (Lipinski definition) is 0. The van der Waals surface area contributed by atoms with Crippen LogP contribution in [0.1, 0.15) is 27.5 Å². The Hall–Kier alpha value is -2.72. The Kier molecular flexibility index (Phi) is 4.17. The molecule has 1 amide bonds. The highest BCUT2D eigenvalue weighted by Crippen LogP contribution is 2.45. The Balaban J connectivity index is 1.44. The zero-order chi connectivity index (χ0) is 19.3. The lowest BCUT2D eigenvalue weighted by Crippen LogP contribution is -2.33. The van der Waals surface area contributed by atoms with Crippen LogP contribution in [0.4, 0.5) is 0 Å². The fourth-order valence-electron chi connectivity index (χ4n) is 5.26. The molecule has 0 radical (unpaired) electrons. The van der Waals surface area contributed by atoms with Crippen molar-refractivity contribution < 1.29 is 4.79 Å². The summed E-state index contributed by atoms with van der Waals surface area (Å²) in [5, 5.41) is 0.944. The molecule has 4 heteroatoms. The van der Waals surface area contributed by atoms with Crippen LogP contribution in [0.15, 0.2) is 60.8 Å². The normalized spacial score (nSPS) is 24.6. The molecular formula is C24H25N3O. The molecule has 3 aromatic rings. The molecule has 2 saturated heterocycles. The molecule has 3 atom stereocenters. The van der Waals surface area contributed by atoms with Gasteiger partial charge >= 0.3 is 0 Å². The number of aryl methyl sites for hydroxylation is 1. The minimum Gasteiger partial charge on any atom is -0.338 e. The van der Waals surface area contributed by atoms with Gasteiger partial charge in [0.1, 0.15) is 0 Å². The molecule has 142 valence electrons. The minimum absolute atomic E-state index is 0.138. The summed E-state index contributed by atoms with van der Waals surface area (Å²) in [4.78, 5) is 22.3. The number of fused-ring (bicyclic) bond motifs is 2. The lowest BCUT2D eigenvalue weighted by Gasteiger charge is -2.28. The molecule has 0 bridgehead atoms. The molecule has 0 aliphatic carbocycles. The van der Waals surface area contributed by atoms with Crippen molar-refractivity contribution in [1.29, 1.82) is 0 Å². The number of pyridine rings is 1. The molecule has 0 saturated carbocycles. The largest absolute Gasteiger partial charge is 0.338 e. The van der Waals surface area contributed by atoms with E-state index in [4.69, 9.17) is 0 Å². The minimum atomic E-state index is 0.138. The molecule has 3 heterocycles. The van der Waals surface area contributed by atoms with Crippen LogP contribution in [0.25, 0.3) is 10.9 Å². The zero-order valence-corrected chi connectivity index (χ0v) is 16.4. The highest BCUT2D eigenvalue weighted by molar-refractivity contribution is 6.06. The Morgan fingerprint density at radius 3 is 2.64 bits per heavy atom. The van der Waals surface area contributed by atoms with Crippen LogP contribution in [-0.2, 0) is 0 Å². The first kappa shape index (κ1) is 17.4. The standard InChI is InChI=1S/C24H25N3O/c1-16-7-3-4-8-18(16)23-21-15-27(14-17(21)13-26(23)2)24(28)20-11-12-25-22-10-6-5-9-19(20)22/h3-12,17,21,23H,13-15H2,1-2H3/t17-,21+,23-/m0/s1. The number of aromatic nitrogens is 1. The summed E-state index contributed by atoms with van der Waals surface area (Å²) in [5.41, 5.74) is 4.39. The maximum Gasteiger partial charge on any atom is 0.254 e. The van der Waals surface area contributed by atoms with Crippen LogP contribution < -0.4 is 0 Å². The number of para-hydroxylation sites is 1. The number of amides is 1. The van der Waals surface area contributed by atoms with Crippen LogP contribution >= 0.6 is 0 Å². The second-order valence-corrected chi connectivity index (χ2v) is 8.25. The van der Waals surface area contributed by atoms with E-state index in [0.717, 1.165) is 36.1 Å². The smallest absolute Gasteiger partial charge is 0.254 e. The third kappa shape index (κ3) is 2.71. The Labute approximate surface area is 165 Å². The molecule has 2 aliphatic rings. The monoisotopic (exact) mass is 371 g/mol. The van der Waals surface area contributed by atoms with E-state index in [1.165, 1.54) is 11.1 Å². The van der Waals surface area contributed by atoms with Crippen LogP contribution in [-0.4, -0.2) is 47.4 Å². The number of hydrogen-bond acceptors (Lipinski definition) is 3. The average molecular weight is 371 g/mol. The first-order valence-corrected chi connectivity index (χ1v) is 10.0. The van der Waals surface area contributed by atoms with E-state index in [2.05, 4.69) is 53.0 Å². The van der Waals surface area contributed by atoms with E-state index in [0.29, 0.717) is 17.9 Å². The maximum atomic E-state index is 13.4. The number of rotatable bonds is 2. The SMILES string of the molecule is Cc1ccccc1[C@H]1[C@@H]2CN(C(=O)c3ccnc4ccccc34)C[C@@H]2CN1C. The van der Waals surface area contributed by atoms with Crippen molar-refractivity contribution in [1.82, 2.24) is 14.8 Å². The van der Waals surface area contributed by atoms with Gasteiger partial charge in [0.2, 0.25) is 0 Å². The first-order chi connectivity index (χ1) is 13.6. The fourth-order valence-corrected chi connectivity index (χ4v) is 5.26. The van der Waals surface area contributed by atoms with Gasteiger partial charge in [-0.15, -0.1) is 0 Å². The number of benzene rings is 2. The fraction of sp³-hybridized carbons (Fsp3) is 0.333. The summed E-state index contributed by atoms with van der Waals surface area (Å²) in [6.07, 6.45) is 1.75. The van der Waals surface area contributed by atoms with Crippen molar-refractivity contribution >= 4 is 16.8 Å². The molecule has 28 heavy (non-hydrogen) atoms. The highest BCUT2D eigenvalue weighted by atomic mass is 16.2. The first-order valence-electron chi connectivity index (χ1n) is 10.0. The molecule has 0 unspecified atom stereocenters. The quantitative estimate of drug-likeness (QED) is 0.685. The van der Waals surface area contributed by atoms with Gasteiger partial charge in [0.15, 0.2) is 0 Å².